The summed E-state index contributed by atoms with van der Waals surface area (Å²) < 4.78 is 0. The SMILES string of the molecule is Cc1cccc(C2CCCN2C=C(O)C=O)c1CN1CCN(C)C[C@@H]1C(C)C. The quantitative estimate of drug-likeness (QED) is 0.461. The van der Waals surface area contributed by atoms with Gasteiger partial charge in [-0.05, 0) is 49.4 Å². The lowest BCUT2D eigenvalue weighted by molar-refractivity contribution is -0.107. The van der Waals surface area contributed by atoms with Crippen LogP contribution in [0.1, 0.15) is 49.4 Å². The number of hydrogen-bond acceptors (Lipinski definition) is 5. The Hall–Kier alpha value is -1.85. The normalized spacial score (nSPS) is 24.9. The lowest BCUT2D eigenvalue weighted by atomic mass is 9.92. The van der Waals surface area contributed by atoms with E-state index in [0.717, 1.165) is 45.6 Å². The Morgan fingerprint density at radius 1 is 1.29 bits per heavy atom. The van der Waals surface area contributed by atoms with Crippen molar-refractivity contribution in [2.24, 2.45) is 5.92 Å². The highest BCUT2D eigenvalue weighted by Gasteiger charge is 2.31. The van der Waals surface area contributed by atoms with Gasteiger partial charge in [-0.1, -0.05) is 32.0 Å². The van der Waals surface area contributed by atoms with E-state index in [0.29, 0.717) is 18.2 Å². The number of hydrogen-bond donors (Lipinski definition) is 1. The second kappa shape index (κ2) is 9.10. The van der Waals surface area contributed by atoms with E-state index in [2.05, 4.69) is 60.7 Å². The molecule has 2 heterocycles. The van der Waals surface area contributed by atoms with Crippen molar-refractivity contribution in [1.82, 2.24) is 14.7 Å². The van der Waals surface area contributed by atoms with Gasteiger partial charge in [0.2, 0.25) is 0 Å². The number of nitrogens with zero attached hydrogens (tertiary/aromatic N) is 3. The molecule has 1 unspecified atom stereocenters. The first-order chi connectivity index (χ1) is 13.4. The molecule has 2 aliphatic heterocycles. The monoisotopic (exact) mass is 385 g/mol. The van der Waals surface area contributed by atoms with Crippen LogP contribution in [-0.4, -0.2) is 65.4 Å². The van der Waals surface area contributed by atoms with Crippen LogP contribution in [0.15, 0.2) is 30.2 Å². The van der Waals surface area contributed by atoms with Crippen molar-refractivity contribution in [2.75, 3.05) is 33.2 Å². The van der Waals surface area contributed by atoms with Crippen LogP contribution >= 0.6 is 0 Å². The molecule has 0 aromatic heterocycles. The summed E-state index contributed by atoms with van der Waals surface area (Å²) in [6, 6.07) is 7.36. The van der Waals surface area contributed by atoms with Crippen molar-refractivity contribution in [2.45, 2.75) is 52.2 Å². The van der Waals surface area contributed by atoms with Crippen LogP contribution in [0.3, 0.4) is 0 Å². The van der Waals surface area contributed by atoms with Crippen molar-refractivity contribution in [3.8, 4) is 0 Å². The van der Waals surface area contributed by atoms with E-state index in [9.17, 15) is 9.90 Å². The molecule has 0 amide bonds. The molecule has 2 aliphatic rings. The molecule has 5 nitrogen and oxygen atoms in total. The lowest BCUT2D eigenvalue weighted by Crippen LogP contribution is -2.53. The number of rotatable bonds is 6. The number of piperazine rings is 1. The van der Waals surface area contributed by atoms with Gasteiger partial charge in [0.05, 0.1) is 6.04 Å². The Kier molecular flexibility index (Phi) is 6.78. The summed E-state index contributed by atoms with van der Waals surface area (Å²) in [7, 11) is 2.22. The third-order valence-electron chi connectivity index (χ3n) is 6.39. The molecule has 28 heavy (non-hydrogen) atoms. The van der Waals surface area contributed by atoms with E-state index < -0.39 is 0 Å². The van der Waals surface area contributed by atoms with E-state index in [4.69, 9.17) is 0 Å². The van der Waals surface area contributed by atoms with E-state index in [-0.39, 0.29) is 11.8 Å². The van der Waals surface area contributed by atoms with Gasteiger partial charge in [-0.25, -0.2) is 0 Å². The first-order valence-corrected chi connectivity index (χ1v) is 10.5. The Labute approximate surface area is 169 Å². The number of benzene rings is 1. The number of carbonyl (C=O) groups is 1. The summed E-state index contributed by atoms with van der Waals surface area (Å²) in [6.07, 6.45) is 4.26. The van der Waals surface area contributed by atoms with Crippen LogP contribution in [-0.2, 0) is 11.3 Å². The third kappa shape index (κ3) is 4.58. The van der Waals surface area contributed by atoms with Crippen LogP contribution in [0, 0.1) is 12.8 Å². The zero-order valence-corrected chi connectivity index (χ0v) is 17.8. The van der Waals surface area contributed by atoms with Crippen LogP contribution in [0.25, 0.3) is 0 Å². The van der Waals surface area contributed by atoms with Crippen molar-refractivity contribution >= 4 is 6.29 Å². The van der Waals surface area contributed by atoms with Gasteiger partial charge in [0.1, 0.15) is 0 Å². The highest BCUT2D eigenvalue weighted by atomic mass is 16.3. The van der Waals surface area contributed by atoms with Crippen LogP contribution in [0.4, 0.5) is 0 Å². The largest absolute Gasteiger partial charge is 0.504 e. The molecule has 5 heteroatoms. The minimum Gasteiger partial charge on any atom is -0.504 e. The molecule has 3 rings (SSSR count). The summed E-state index contributed by atoms with van der Waals surface area (Å²) >= 11 is 0. The molecule has 0 radical (unpaired) electrons. The first-order valence-electron chi connectivity index (χ1n) is 10.5. The number of aliphatic hydroxyl groups excluding tert-OH is 1. The maximum atomic E-state index is 10.9. The van der Waals surface area contributed by atoms with Gasteiger partial charge in [0, 0.05) is 45.0 Å². The van der Waals surface area contributed by atoms with Crippen molar-refractivity contribution in [3.63, 3.8) is 0 Å². The lowest BCUT2D eigenvalue weighted by Gasteiger charge is -2.43. The number of carbonyl (C=O) groups excluding carboxylic acids is 1. The number of likely N-dealkylation sites (N-methyl/N-ethyl adjacent to an activating group) is 1. The fourth-order valence-corrected chi connectivity index (χ4v) is 4.75. The van der Waals surface area contributed by atoms with Gasteiger partial charge in [-0.2, -0.15) is 0 Å². The van der Waals surface area contributed by atoms with Crippen LogP contribution < -0.4 is 0 Å². The van der Waals surface area contributed by atoms with Crippen LogP contribution in [0.5, 0.6) is 0 Å². The fourth-order valence-electron chi connectivity index (χ4n) is 4.75. The van der Waals surface area contributed by atoms with Crippen LogP contribution in [0.2, 0.25) is 0 Å². The van der Waals surface area contributed by atoms with Gasteiger partial charge >= 0.3 is 0 Å². The summed E-state index contributed by atoms with van der Waals surface area (Å²) in [5.41, 5.74) is 4.08. The van der Waals surface area contributed by atoms with E-state index >= 15 is 0 Å². The van der Waals surface area contributed by atoms with Gasteiger partial charge < -0.3 is 14.9 Å². The smallest absolute Gasteiger partial charge is 0.185 e. The zero-order valence-electron chi connectivity index (χ0n) is 17.8. The van der Waals surface area contributed by atoms with Crippen molar-refractivity contribution in [1.29, 1.82) is 0 Å². The zero-order chi connectivity index (χ0) is 20.3. The molecule has 0 aliphatic carbocycles. The highest BCUT2D eigenvalue weighted by Crippen LogP contribution is 2.36. The summed E-state index contributed by atoms with van der Waals surface area (Å²) in [4.78, 5) is 18.1. The van der Waals surface area contributed by atoms with Crippen molar-refractivity contribution in [3.05, 3.63) is 46.8 Å². The molecule has 2 fully saturated rings. The molecule has 2 atom stereocenters. The number of likely N-dealkylation sites (tertiary alicyclic amines) is 1. The maximum Gasteiger partial charge on any atom is 0.185 e. The molecule has 1 aromatic carbocycles. The molecular weight excluding hydrogens is 350 g/mol. The predicted molar refractivity (Wildman–Crippen MR) is 113 cm³/mol. The van der Waals surface area contributed by atoms with Gasteiger partial charge in [-0.15, -0.1) is 0 Å². The minimum atomic E-state index is -0.194. The third-order valence-corrected chi connectivity index (χ3v) is 6.39. The summed E-state index contributed by atoms with van der Waals surface area (Å²) in [5.74, 6) is 0.422. The minimum absolute atomic E-state index is 0.194. The van der Waals surface area contributed by atoms with E-state index in [1.807, 2.05) is 0 Å². The molecular formula is C23H35N3O2. The predicted octanol–water partition coefficient (Wildman–Crippen LogP) is 3.50. The molecule has 2 saturated heterocycles. The van der Waals surface area contributed by atoms with E-state index in [1.165, 1.54) is 16.7 Å². The second-order valence-electron chi connectivity index (χ2n) is 8.75. The topological polar surface area (TPSA) is 47.0 Å². The molecule has 154 valence electrons. The highest BCUT2D eigenvalue weighted by molar-refractivity contribution is 5.69. The molecule has 0 spiro atoms. The number of aryl methyl sites for hydroxylation is 1. The number of aldehydes is 1. The molecule has 0 bridgehead atoms. The number of aliphatic hydroxyl groups is 1. The van der Waals surface area contributed by atoms with E-state index in [1.54, 1.807) is 6.20 Å². The van der Waals surface area contributed by atoms with Gasteiger partial charge in [0.15, 0.2) is 12.0 Å². The van der Waals surface area contributed by atoms with Crippen molar-refractivity contribution < 1.29 is 9.90 Å². The molecule has 1 aromatic rings. The molecule has 0 saturated carbocycles. The second-order valence-corrected chi connectivity index (χ2v) is 8.75. The van der Waals surface area contributed by atoms with Gasteiger partial charge in [-0.3, -0.25) is 9.69 Å². The Morgan fingerprint density at radius 3 is 2.79 bits per heavy atom. The maximum absolute atomic E-state index is 10.9. The Balaban J connectivity index is 1.89. The fraction of sp³-hybridized carbons (Fsp3) is 0.609. The first kappa shape index (κ1) is 20.9. The summed E-state index contributed by atoms with van der Waals surface area (Å²) in [6.45, 7) is 12.0. The Bertz CT molecular complexity index is 716. The average molecular weight is 386 g/mol. The Morgan fingerprint density at radius 2 is 2.07 bits per heavy atom. The summed E-state index contributed by atoms with van der Waals surface area (Å²) in [5, 5.41) is 9.73. The van der Waals surface area contributed by atoms with Gasteiger partial charge in [0.25, 0.3) is 0 Å². The standard InChI is InChI=1S/C23H35N3O2/c1-17(2)23-15-24(4)11-12-26(23)14-21-18(3)7-5-8-20(21)22-9-6-10-25(22)13-19(28)16-27/h5,7-8,13,16-17,22-23,28H,6,9-12,14-15H2,1-4H3/t22?,23-/m1/s1. The number of allylic oxidation sites excluding steroid dienone is 1. The average Bonchev–Trinajstić information content (AvgIpc) is 3.12. The molecule has 1 N–H and O–H groups in total.